The third kappa shape index (κ3) is 3.98. The summed E-state index contributed by atoms with van der Waals surface area (Å²) in [5.41, 5.74) is 1.29. The largest absolute Gasteiger partial charge is 0.319 e. The Morgan fingerprint density at radius 3 is 2.58 bits per heavy atom. The van der Waals surface area contributed by atoms with E-state index in [4.69, 9.17) is 0 Å². The van der Waals surface area contributed by atoms with Crippen molar-refractivity contribution < 1.29 is 8.78 Å². The molecule has 19 heavy (non-hydrogen) atoms. The van der Waals surface area contributed by atoms with Crippen molar-refractivity contribution in [3.8, 4) is 0 Å². The van der Waals surface area contributed by atoms with Crippen molar-refractivity contribution in [1.29, 1.82) is 0 Å². The van der Waals surface area contributed by atoms with E-state index in [-0.39, 0.29) is 0 Å². The van der Waals surface area contributed by atoms with Crippen molar-refractivity contribution >= 4 is 0 Å². The highest BCUT2D eigenvalue weighted by molar-refractivity contribution is 5.18. The fourth-order valence-electron chi connectivity index (χ4n) is 2.61. The molecule has 1 N–H and O–H groups in total. The van der Waals surface area contributed by atoms with E-state index in [0.29, 0.717) is 5.41 Å². The summed E-state index contributed by atoms with van der Waals surface area (Å²) in [6.45, 7) is 3.00. The van der Waals surface area contributed by atoms with E-state index < -0.39 is 11.6 Å². The van der Waals surface area contributed by atoms with Crippen LogP contribution in [0.25, 0.3) is 0 Å². The van der Waals surface area contributed by atoms with Crippen LogP contribution in [0.1, 0.15) is 18.4 Å². The molecular weight excluding hydrogens is 246 g/mol. The van der Waals surface area contributed by atoms with Crippen LogP contribution in [-0.2, 0) is 6.42 Å². The second-order valence-corrected chi connectivity index (χ2v) is 5.77. The van der Waals surface area contributed by atoms with Crippen molar-refractivity contribution in [2.24, 2.45) is 5.41 Å². The van der Waals surface area contributed by atoms with Gasteiger partial charge in [-0.15, -0.1) is 0 Å². The minimum atomic E-state index is -0.775. The fraction of sp³-hybridized carbons (Fsp3) is 0.600. The molecule has 1 saturated carbocycles. The zero-order valence-electron chi connectivity index (χ0n) is 11.7. The molecule has 106 valence electrons. The summed E-state index contributed by atoms with van der Waals surface area (Å²) in [6.07, 6.45) is 3.32. The number of likely N-dealkylation sites (N-methyl/N-ethyl adjacent to an activating group) is 1. The molecule has 2 nitrogen and oxygen atoms in total. The summed E-state index contributed by atoms with van der Waals surface area (Å²) in [5.74, 6) is -1.53. The first kappa shape index (κ1) is 14.4. The standard InChI is InChI=1S/C15H22F2N2/c1-18-10-15(6-7-15)11-19(2)8-5-12-3-4-13(16)14(17)9-12/h3-4,9,18H,5-8,10-11H2,1-2H3. The Labute approximate surface area is 113 Å². The number of hydrogen-bond donors (Lipinski definition) is 1. The van der Waals surface area contributed by atoms with Crippen LogP contribution in [0, 0.1) is 17.0 Å². The van der Waals surface area contributed by atoms with E-state index >= 15 is 0 Å². The van der Waals surface area contributed by atoms with Gasteiger partial charge >= 0.3 is 0 Å². The summed E-state index contributed by atoms with van der Waals surface area (Å²) in [4.78, 5) is 2.28. The Bertz CT molecular complexity index is 430. The molecule has 0 spiro atoms. The fourth-order valence-corrected chi connectivity index (χ4v) is 2.61. The number of halogens is 2. The van der Waals surface area contributed by atoms with Crippen LogP contribution in [0.3, 0.4) is 0 Å². The maximum absolute atomic E-state index is 13.1. The van der Waals surface area contributed by atoms with Crippen LogP contribution in [0.15, 0.2) is 18.2 Å². The first-order valence-corrected chi connectivity index (χ1v) is 6.82. The molecular formula is C15H22F2N2. The summed E-state index contributed by atoms with van der Waals surface area (Å²) in [5, 5.41) is 3.25. The zero-order chi connectivity index (χ0) is 13.9. The minimum Gasteiger partial charge on any atom is -0.319 e. The smallest absolute Gasteiger partial charge is 0.159 e. The highest BCUT2D eigenvalue weighted by Crippen LogP contribution is 2.45. The van der Waals surface area contributed by atoms with Crippen LogP contribution >= 0.6 is 0 Å². The Morgan fingerprint density at radius 2 is 2.00 bits per heavy atom. The molecule has 2 rings (SSSR count). The molecule has 0 bridgehead atoms. The van der Waals surface area contributed by atoms with Gasteiger partial charge in [-0.2, -0.15) is 0 Å². The first-order valence-electron chi connectivity index (χ1n) is 6.82. The molecule has 0 radical (unpaired) electrons. The van der Waals surface area contributed by atoms with Gasteiger partial charge in [-0.3, -0.25) is 0 Å². The molecule has 0 atom stereocenters. The normalized spacial score (nSPS) is 16.9. The molecule has 0 unspecified atom stereocenters. The van der Waals surface area contributed by atoms with Gasteiger partial charge in [-0.05, 0) is 56.5 Å². The van der Waals surface area contributed by atoms with E-state index in [1.165, 1.54) is 25.0 Å². The van der Waals surface area contributed by atoms with E-state index in [1.54, 1.807) is 6.07 Å². The molecule has 0 aromatic heterocycles. The second kappa shape index (κ2) is 5.97. The number of rotatable bonds is 7. The molecule has 1 aliphatic rings. The van der Waals surface area contributed by atoms with Gasteiger partial charge in [0, 0.05) is 19.6 Å². The molecule has 1 fully saturated rings. The predicted molar refractivity (Wildman–Crippen MR) is 73.2 cm³/mol. The van der Waals surface area contributed by atoms with Gasteiger partial charge in [0.1, 0.15) is 0 Å². The predicted octanol–water partition coefficient (Wildman–Crippen LogP) is 2.44. The summed E-state index contributed by atoms with van der Waals surface area (Å²) < 4.78 is 25.9. The topological polar surface area (TPSA) is 15.3 Å². The molecule has 0 amide bonds. The van der Waals surface area contributed by atoms with Gasteiger partial charge in [0.05, 0.1) is 0 Å². The number of nitrogens with zero attached hydrogens (tertiary/aromatic N) is 1. The third-order valence-corrected chi connectivity index (χ3v) is 3.88. The van der Waals surface area contributed by atoms with Crippen molar-refractivity contribution in [3.63, 3.8) is 0 Å². The van der Waals surface area contributed by atoms with Crippen LogP contribution in [0.2, 0.25) is 0 Å². The molecule has 1 aromatic carbocycles. The lowest BCUT2D eigenvalue weighted by atomic mass is 10.1. The SMILES string of the molecule is CNCC1(CN(C)CCc2ccc(F)c(F)c2)CC1. The maximum atomic E-state index is 13.1. The average molecular weight is 268 g/mol. The van der Waals surface area contributed by atoms with Crippen molar-refractivity contribution in [1.82, 2.24) is 10.2 Å². The van der Waals surface area contributed by atoms with E-state index in [1.807, 2.05) is 7.05 Å². The Hall–Kier alpha value is -1.00. The first-order chi connectivity index (χ1) is 9.04. The third-order valence-electron chi connectivity index (χ3n) is 3.88. The van der Waals surface area contributed by atoms with E-state index in [2.05, 4.69) is 17.3 Å². The highest BCUT2D eigenvalue weighted by atomic mass is 19.2. The Morgan fingerprint density at radius 1 is 1.26 bits per heavy atom. The van der Waals surface area contributed by atoms with Gasteiger partial charge < -0.3 is 10.2 Å². The van der Waals surface area contributed by atoms with Crippen LogP contribution in [0.5, 0.6) is 0 Å². The van der Waals surface area contributed by atoms with E-state index in [9.17, 15) is 8.78 Å². The van der Waals surface area contributed by atoms with E-state index in [0.717, 1.165) is 31.6 Å². The van der Waals surface area contributed by atoms with Crippen LogP contribution in [0.4, 0.5) is 8.78 Å². The molecule has 1 aliphatic carbocycles. The summed E-state index contributed by atoms with van der Waals surface area (Å²) in [7, 11) is 4.08. The quantitative estimate of drug-likeness (QED) is 0.817. The summed E-state index contributed by atoms with van der Waals surface area (Å²) in [6, 6.07) is 4.16. The van der Waals surface area contributed by atoms with Crippen LogP contribution in [-0.4, -0.2) is 38.6 Å². The summed E-state index contributed by atoms with van der Waals surface area (Å²) >= 11 is 0. The number of benzene rings is 1. The Balaban J connectivity index is 1.80. The van der Waals surface area contributed by atoms with Crippen molar-refractivity contribution in [2.45, 2.75) is 19.3 Å². The molecule has 0 heterocycles. The maximum Gasteiger partial charge on any atom is 0.159 e. The van der Waals surface area contributed by atoms with Crippen molar-refractivity contribution in [3.05, 3.63) is 35.4 Å². The minimum absolute atomic E-state index is 0.442. The van der Waals surface area contributed by atoms with Crippen LogP contribution < -0.4 is 5.32 Å². The van der Waals surface area contributed by atoms with Gasteiger partial charge in [-0.25, -0.2) is 8.78 Å². The molecule has 1 aromatic rings. The lowest BCUT2D eigenvalue weighted by Gasteiger charge is -2.23. The second-order valence-electron chi connectivity index (χ2n) is 5.77. The lowest BCUT2D eigenvalue weighted by molar-refractivity contribution is 0.262. The molecule has 0 saturated heterocycles. The molecule has 4 heteroatoms. The highest BCUT2D eigenvalue weighted by Gasteiger charge is 2.42. The van der Waals surface area contributed by atoms with Gasteiger partial charge in [0.15, 0.2) is 11.6 Å². The Kier molecular flexibility index (Phi) is 4.53. The average Bonchev–Trinajstić information content (AvgIpc) is 3.11. The van der Waals surface area contributed by atoms with Gasteiger partial charge in [0.2, 0.25) is 0 Å². The van der Waals surface area contributed by atoms with Gasteiger partial charge in [-0.1, -0.05) is 6.07 Å². The zero-order valence-corrected chi connectivity index (χ0v) is 11.7. The van der Waals surface area contributed by atoms with Crippen molar-refractivity contribution in [2.75, 3.05) is 33.7 Å². The molecule has 0 aliphatic heterocycles. The monoisotopic (exact) mass is 268 g/mol. The van der Waals surface area contributed by atoms with Gasteiger partial charge in [0.25, 0.3) is 0 Å². The lowest BCUT2D eigenvalue weighted by Crippen LogP contribution is -2.33. The number of hydrogen-bond acceptors (Lipinski definition) is 2. The number of nitrogens with one attached hydrogen (secondary N) is 1.